The zero-order valence-electron chi connectivity index (χ0n) is 28.4. The van der Waals surface area contributed by atoms with E-state index in [1.165, 1.54) is 10.8 Å². The van der Waals surface area contributed by atoms with Crippen LogP contribution in [0.1, 0.15) is 19.4 Å². The first kappa shape index (κ1) is 34.2. The Morgan fingerprint density at radius 3 is 2.31 bits per heavy atom. The van der Waals surface area contributed by atoms with Crippen molar-refractivity contribution >= 4 is 46.2 Å². The fourth-order valence-corrected chi connectivity index (χ4v) is 7.83. The van der Waals surface area contributed by atoms with Crippen molar-refractivity contribution in [3.63, 3.8) is 0 Å². The Balaban J connectivity index is 0.000000177. The average Bonchev–Trinajstić information content (AvgIpc) is 3.67. The topological polar surface area (TPSA) is 56.7 Å². The number of para-hydroxylation sites is 4. The van der Waals surface area contributed by atoms with E-state index in [4.69, 9.17) is 9.40 Å². The quantitative estimate of drug-likeness (QED) is 0.124. The molecule has 0 fully saturated rings. The Labute approximate surface area is 302 Å². The number of nitrogens with zero attached hydrogens (tertiary/aromatic N) is 4. The molecule has 0 spiro atoms. The second kappa shape index (κ2) is 14.4. The van der Waals surface area contributed by atoms with Crippen molar-refractivity contribution in [3.8, 4) is 28.3 Å². The van der Waals surface area contributed by atoms with Crippen molar-refractivity contribution in [2.75, 3.05) is 0 Å². The fraction of sp³-hybridized carbons (Fsp3) is 0.167. The summed E-state index contributed by atoms with van der Waals surface area (Å²) in [5, 5.41) is 3.66. The summed E-state index contributed by atoms with van der Waals surface area (Å²) in [4.78, 5) is 13.6. The molecule has 4 aromatic heterocycles. The van der Waals surface area contributed by atoms with E-state index in [1.807, 2.05) is 72.8 Å². The molecule has 0 amide bonds. The Morgan fingerprint density at radius 2 is 1.55 bits per heavy atom. The van der Waals surface area contributed by atoms with E-state index >= 15 is 0 Å². The van der Waals surface area contributed by atoms with Gasteiger partial charge in [-0.15, -0.1) is 23.8 Å². The first-order chi connectivity index (χ1) is 23.3. The van der Waals surface area contributed by atoms with E-state index in [2.05, 4.69) is 96.7 Å². The number of pyridine rings is 2. The van der Waals surface area contributed by atoms with E-state index in [0.717, 1.165) is 67.7 Å². The fourth-order valence-electron chi connectivity index (χ4n) is 6.24. The maximum absolute atomic E-state index is 6.08. The van der Waals surface area contributed by atoms with Gasteiger partial charge in [0, 0.05) is 32.0 Å². The van der Waals surface area contributed by atoms with Crippen LogP contribution in [0.15, 0.2) is 126 Å². The van der Waals surface area contributed by atoms with Crippen molar-refractivity contribution < 1.29 is 24.5 Å². The predicted octanol–water partition coefficient (Wildman–Crippen LogP) is 10.1. The molecule has 0 aliphatic heterocycles. The largest absolute Gasteiger partial charge is 0.476 e. The van der Waals surface area contributed by atoms with Gasteiger partial charge in [0.1, 0.15) is 5.58 Å². The smallest absolute Gasteiger partial charge is 0.123 e. The molecule has 0 atom stereocenters. The summed E-state index contributed by atoms with van der Waals surface area (Å²) in [6.45, 7) is 11.7. The second-order valence-corrected chi connectivity index (χ2v) is 18.6. The minimum absolute atomic E-state index is 0. The van der Waals surface area contributed by atoms with Crippen LogP contribution in [0.5, 0.6) is 0 Å². The number of hydrogen-bond donors (Lipinski definition) is 0. The summed E-state index contributed by atoms with van der Waals surface area (Å²) in [6, 6.07) is 41.4. The number of aromatic nitrogens is 4. The van der Waals surface area contributed by atoms with Crippen LogP contribution < -0.4 is 5.19 Å². The zero-order valence-corrected chi connectivity index (χ0v) is 31.8. The van der Waals surface area contributed by atoms with Gasteiger partial charge in [0.15, 0.2) is 0 Å². The average molecular weight is 835 g/mol. The molecule has 0 N–H and O–H groups in total. The number of benzene rings is 4. The molecule has 8 aromatic rings. The summed E-state index contributed by atoms with van der Waals surface area (Å²) in [5.41, 5.74) is 9.23. The molecule has 5 nitrogen and oxygen atoms in total. The van der Waals surface area contributed by atoms with Gasteiger partial charge >= 0.3 is 0 Å². The molecule has 0 aliphatic carbocycles. The van der Waals surface area contributed by atoms with Crippen LogP contribution in [0, 0.1) is 18.1 Å². The van der Waals surface area contributed by atoms with E-state index in [0.29, 0.717) is 5.92 Å². The van der Waals surface area contributed by atoms with E-state index < -0.39 is 8.07 Å². The van der Waals surface area contributed by atoms with Crippen LogP contribution in [0.3, 0.4) is 0 Å². The standard InChI is InChI=1S/C25H15N2O.C17H23N2Si.Ir/c1-2-8-18(9-3-1)27-22-12-6-5-11-21(22)26-25(27)17-14-15-20-19-10-4-7-13-23(19)28-24(20)16-17;1-13(2)10-15-11-16(14-6-8-18-9-7-14)19-12-17(15)20(3,4)5;/h1-13,15-16H;6,8-9,11-13H,10H2,1-5H3;/q2*-1;. The molecule has 8 rings (SSSR count). The monoisotopic (exact) mass is 835 g/mol. The molecular formula is C42H38IrN4OSi-2. The summed E-state index contributed by atoms with van der Waals surface area (Å²) in [5.74, 6) is 1.51. The van der Waals surface area contributed by atoms with Gasteiger partial charge < -0.3 is 14.0 Å². The molecule has 49 heavy (non-hydrogen) atoms. The first-order valence-corrected chi connectivity index (χ1v) is 19.9. The number of fused-ring (bicyclic) bond motifs is 4. The Kier molecular flexibility index (Phi) is 10.1. The maximum Gasteiger partial charge on any atom is 0.123 e. The third-order valence-corrected chi connectivity index (χ3v) is 10.5. The van der Waals surface area contributed by atoms with Crippen LogP contribution in [0.4, 0.5) is 0 Å². The van der Waals surface area contributed by atoms with Crippen LogP contribution in [0.2, 0.25) is 19.6 Å². The minimum atomic E-state index is -1.35. The molecule has 7 heteroatoms. The third kappa shape index (κ3) is 7.20. The van der Waals surface area contributed by atoms with Crippen LogP contribution >= 0.6 is 0 Å². The zero-order chi connectivity index (χ0) is 33.3. The molecule has 0 unspecified atom stereocenters. The normalized spacial score (nSPS) is 11.5. The number of furan rings is 1. The number of rotatable bonds is 6. The van der Waals surface area contributed by atoms with Crippen molar-refractivity contribution in [3.05, 3.63) is 139 Å². The van der Waals surface area contributed by atoms with Crippen LogP contribution in [-0.4, -0.2) is 27.6 Å². The molecule has 247 valence electrons. The van der Waals surface area contributed by atoms with Crippen molar-refractivity contribution in [1.29, 1.82) is 0 Å². The molecule has 0 saturated carbocycles. The van der Waals surface area contributed by atoms with Crippen LogP contribution in [-0.2, 0) is 26.5 Å². The summed E-state index contributed by atoms with van der Waals surface area (Å²) in [6.07, 6.45) is 6.70. The first-order valence-electron chi connectivity index (χ1n) is 16.4. The van der Waals surface area contributed by atoms with E-state index in [-0.39, 0.29) is 20.1 Å². The van der Waals surface area contributed by atoms with Crippen LogP contribution in [0.25, 0.3) is 61.3 Å². The Hall–Kier alpha value is -4.68. The molecule has 0 aliphatic rings. The van der Waals surface area contributed by atoms with Crippen molar-refractivity contribution in [2.24, 2.45) is 5.92 Å². The molecule has 4 heterocycles. The van der Waals surface area contributed by atoms with Gasteiger partial charge in [0.05, 0.1) is 30.5 Å². The molecule has 1 radical (unpaired) electrons. The third-order valence-electron chi connectivity index (χ3n) is 8.45. The molecule has 4 aromatic carbocycles. The van der Waals surface area contributed by atoms with Gasteiger partial charge in [0.25, 0.3) is 0 Å². The Bertz CT molecular complexity index is 2340. The summed E-state index contributed by atoms with van der Waals surface area (Å²) < 4.78 is 8.25. The van der Waals surface area contributed by atoms with Crippen molar-refractivity contribution in [1.82, 2.24) is 19.5 Å². The van der Waals surface area contributed by atoms with Gasteiger partial charge in [-0.1, -0.05) is 105 Å². The van der Waals surface area contributed by atoms with E-state index in [9.17, 15) is 0 Å². The SMILES string of the molecule is CC(C)Cc1cc(-c2[c-]cncc2)ncc1[Si](C)(C)C.[Ir].[c-]1cc2c(cc1-c1nc3ccccc3n1-c1ccccc1)oc1ccccc12. The maximum atomic E-state index is 6.08. The second-order valence-electron chi connectivity index (χ2n) is 13.5. The molecule has 0 bridgehead atoms. The van der Waals surface area contributed by atoms with Gasteiger partial charge in [-0.25, -0.2) is 0 Å². The minimum Gasteiger partial charge on any atom is -0.476 e. The number of hydrogen-bond acceptors (Lipinski definition) is 4. The van der Waals surface area contributed by atoms with Crippen molar-refractivity contribution in [2.45, 2.75) is 39.9 Å². The van der Waals surface area contributed by atoms with Gasteiger partial charge in [-0.05, 0) is 71.3 Å². The van der Waals surface area contributed by atoms with Gasteiger partial charge in [-0.3, -0.25) is 9.97 Å². The summed E-state index contributed by atoms with van der Waals surface area (Å²) >= 11 is 0. The predicted molar refractivity (Wildman–Crippen MR) is 200 cm³/mol. The van der Waals surface area contributed by atoms with E-state index in [1.54, 1.807) is 12.4 Å². The van der Waals surface area contributed by atoms with Gasteiger partial charge in [-0.2, -0.15) is 11.6 Å². The molecule has 0 saturated heterocycles. The van der Waals surface area contributed by atoms with Gasteiger partial charge in [0.2, 0.25) is 0 Å². The Morgan fingerprint density at radius 1 is 0.796 bits per heavy atom. The number of imidazole rings is 1. The summed E-state index contributed by atoms with van der Waals surface area (Å²) in [7, 11) is -1.35. The molecular weight excluding hydrogens is 797 g/mol.